The van der Waals surface area contributed by atoms with Crippen molar-refractivity contribution in [2.75, 3.05) is 0 Å². The van der Waals surface area contributed by atoms with Crippen molar-refractivity contribution in [3.63, 3.8) is 0 Å². The molecule has 0 aromatic heterocycles. The van der Waals surface area contributed by atoms with Gasteiger partial charge in [0, 0.05) is 11.6 Å². The molecule has 0 bridgehead atoms. The van der Waals surface area contributed by atoms with E-state index in [-0.39, 0.29) is 5.70 Å². The van der Waals surface area contributed by atoms with Crippen LogP contribution in [0.3, 0.4) is 0 Å². The maximum absolute atomic E-state index is 11.6. The average Bonchev–Trinajstić information content (AvgIpc) is 2.01. The summed E-state index contributed by atoms with van der Waals surface area (Å²) in [6, 6.07) is 0. The van der Waals surface area contributed by atoms with Crippen LogP contribution in [0.25, 0.3) is 0 Å². The Morgan fingerprint density at radius 2 is 1.93 bits per heavy atom. The highest BCUT2D eigenvalue weighted by molar-refractivity contribution is 5.20. The van der Waals surface area contributed by atoms with Gasteiger partial charge in [0.05, 0.1) is 4.92 Å². The van der Waals surface area contributed by atoms with E-state index in [4.69, 9.17) is 0 Å². The molecule has 5 heteroatoms. The van der Waals surface area contributed by atoms with Gasteiger partial charge in [-0.25, -0.2) is 8.78 Å². The number of rotatable bonds is 4. The van der Waals surface area contributed by atoms with E-state index in [1.165, 1.54) is 12.2 Å². The second-order valence-corrected chi connectivity index (χ2v) is 2.72. The van der Waals surface area contributed by atoms with Crippen molar-refractivity contribution in [2.24, 2.45) is 0 Å². The van der Waals surface area contributed by atoms with Gasteiger partial charge in [0.1, 0.15) is 0 Å². The quantitative estimate of drug-likeness (QED) is 0.400. The minimum Gasteiger partial charge on any atom is -0.258 e. The van der Waals surface area contributed by atoms with Crippen molar-refractivity contribution in [1.82, 2.24) is 0 Å². The minimum absolute atomic E-state index is 0.0797. The zero-order valence-electron chi connectivity index (χ0n) is 7.91. The van der Waals surface area contributed by atoms with Crippen LogP contribution in [0.5, 0.6) is 0 Å². The standard InChI is InChI=1S/C9H11F2NO2/c1-7(2)8(12(13)14)5-3-4-6-9(10)11/h3-6,9H,1-2H3/b5-3-,6-4+. The molecule has 0 saturated carbocycles. The summed E-state index contributed by atoms with van der Waals surface area (Å²) in [7, 11) is 0. The number of hydrogen-bond acceptors (Lipinski definition) is 2. The van der Waals surface area contributed by atoms with Gasteiger partial charge in [0.2, 0.25) is 0 Å². The Morgan fingerprint density at radius 3 is 2.29 bits per heavy atom. The summed E-state index contributed by atoms with van der Waals surface area (Å²) in [5, 5.41) is 10.4. The first-order valence-corrected chi connectivity index (χ1v) is 3.90. The van der Waals surface area contributed by atoms with Crippen LogP contribution in [0.2, 0.25) is 0 Å². The lowest BCUT2D eigenvalue weighted by Crippen LogP contribution is -1.97. The number of halogens is 2. The maximum atomic E-state index is 11.6. The molecule has 0 N–H and O–H groups in total. The van der Waals surface area contributed by atoms with E-state index in [1.807, 2.05) is 0 Å². The molecule has 14 heavy (non-hydrogen) atoms. The molecule has 0 aliphatic carbocycles. The van der Waals surface area contributed by atoms with Crippen LogP contribution in [0.1, 0.15) is 13.8 Å². The Balaban J connectivity index is 4.49. The largest absolute Gasteiger partial charge is 0.268 e. The molecule has 0 atom stereocenters. The number of allylic oxidation sites excluding steroid dienone is 5. The van der Waals surface area contributed by atoms with E-state index < -0.39 is 11.3 Å². The molecule has 0 aliphatic rings. The Hall–Kier alpha value is -1.52. The molecule has 0 fully saturated rings. The number of hydrogen-bond donors (Lipinski definition) is 0. The van der Waals surface area contributed by atoms with Crippen LogP contribution in [-0.4, -0.2) is 11.3 Å². The molecule has 0 aliphatic heterocycles. The molecule has 0 aromatic rings. The van der Waals surface area contributed by atoms with Crippen molar-refractivity contribution < 1.29 is 13.7 Å². The lowest BCUT2D eigenvalue weighted by Gasteiger charge is -1.92. The number of alkyl halides is 2. The van der Waals surface area contributed by atoms with Crippen LogP contribution in [0, 0.1) is 10.1 Å². The highest BCUT2D eigenvalue weighted by Gasteiger charge is 2.06. The van der Waals surface area contributed by atoms with Gasteiger partial charge in [-0.15, -0.1) is 0 Å². The van der Waals surface area contributed by atoms with E-state index in [2.05, 4.69) is 0 Å². The van der Waals surface area contributed by atoms with E-state index in [9.17, 15) is 18.9 Å². The third-order valence-electron chi connectivity index (χ3n) is 1.33. The first kappa shape index (κ1) is 12.5. The normalized spacial score (nSPS) is 11.5. The van der Waals surface area contributed by atoms with Gasteiger partial charge in [-0.05, 0) is 19.9 Å². The zero-order chi connectivity index (χ0) is 11.1. The smallest absolute Gasteiger partial charge is 0.258 e. The summed E-state index contributed by atoms with van der Waals surface area (Å²) < 4.78 is 23.2. The van der Waals surface area contributed by atoms with Crippen molar-refractivity contribution >= 4 is 0 Å². The van der Waals surface area contributed by atoms with Crippen LogP contribution < -0.4 is 0 Å². The van der Waals surface area contributed by atoms with Gasteiger partial charge in [0.15, 0.2) is 0 Å². The van der Waals surface area contributed by atoms with Crippen LogP contribution in [0.15, 0.2) is 35.6 Å². The molecule has 0 heterocycles. The Bertz CT molecular complexity index is 289. The highest BCUT2D eigenvalue weighted by atomic mass is 19.3. The van der Waals surface area contributed by atoms with E-state index in [0.29, 0.717) is 11.6 Å². The molecule has 78 valence electrons. The fourth-order valence-corrected chi connectivity index (χ4v) is 0.705. The summed E-state index contributed by atoms with van der Waals surface area (Å²) >= 11 is 0. The minimum atomic E-state index is -2.54. The Kier molecular flexibility index (Phi) is 5.36. The molecule has 3 nitrogen and oxygen atoms in total. The first-order valence-electron chi connectivity index (χ1n) is 3.90. The van der Waals surface area contributed by atoms with Crippen molar-refractivity contribution in [3.8, 4) is 0 Å². The molecule has 0 aromatic carbocycles. The molecule has 0 rings (SSSR count). The summed E-state index contributed by atoms with van der Waals surface area (Å²) in [6.07, 6.45) is 1.60. The summed E-state index contributed by atoms with van der Waals surface area (Å²) in [5.41, 5.74) is 0.445. The predicted octanol–water partition coefficient (Wildman–Crippen LogP) is 2.93. The predicted molar refractivity (Wildman–Crippen MR) is 49.7 cm³/mol. The highest BCUT2D eigenvalue weighted by Crippen LogP contribution is 2.05. The van der Waals surface area contributed by atoms with Gasteiger partial charge in [0.25, 0.3) is 12.1 Å². The lowest BCUT2D eigenvalue weighted by atomic mass is 10.2. The molecular weight excluding hydrogens is 192 g/mol. The Morgan fingerprint density at radius 1 is 1.36 bits per heavy atom. The van der Waals surface area contributed by atoms with Crippen molar-refractivity contribution in [2.45, 2.75) is 20.3 Å². The monoisotopic (exact) mass is 203 g/mol. The molecule has 0 saturated heterocycles. The summed E-state index contributed by atoms with van der Waals surface area (Å²) in [4.78, 5) is 9.84. The first-order chi connectivity index (χ1) is 6.45. The van der Waals surface area contributed by atoms with Crippen LogP contribution in [-0.2, 0) is 0 Å². The maximum Gasteiger partial charge on any atom is 0.268 e. The number of nitrogens with zero attached hydrogens (tertiary/aromatic N) is 1. The van der Waals surface area contributed by atoms with E-state index in [0.717, 1.165) is 6.08 Å². The summed E-state index contributed by atoms with van der Waals surface area (Å²) in [5.74, 6) is 0. The number of nitro groups is 1. The molecule has 0 spiro atoms. The van der Waals surface area contributed by atoms with E-state index >= 15 is 0 Å². The Labute approximate surface area is 80.6 Å². The van der Waals surface area contributed by atoms with Crippen molar-refractivity contribution in [1.29, 1.82) is 0 Å². The molecular formula is C9H11F2NO2. The SMILES string of the molecule is CC(C)=C(/C=C\C=C\C(F)F)[N+](=O)[O-]. The fourth-order valence-electron chi connectivity index (χ4n) is 0.705. The molecule has 0 radical (unpaired) electrons. The zero-order valence-corrected chi connectivity index (χ0v) is 7.91. The second kappa shape index (κ2) is 6.01. The van der Waals surface area contributed by atoms with Gasteiger partial charge >= 0.3 is 0 Å². The van der Waals surface area contributed by atoms with E-state index in [1.54, 1.807) is 13.8 Å². The third-order valence-corrected chi connectivity index (χ3v) is 1.33. The van der Waals surface area contributed by atoms with Gasteiger partial charge < -0.3 is 0 Å². The van der Waals surface area contributed by atoms with Crippen molar-refractivity contribution in [3.05, 3.63) is 45.7 Å². The summed E-state index contributed by atoms with van der Waals surface area (Å²) in [6.45, 7) is 3.17. The van der Waals surface area contributed by atoms with Gasteiger partial charge in [-0.1, -0.05) is 12.2 Å². The lowest BCUT2D eigenvalue weighted by molar-refractivity contribution is -0.420. The van der Waals surface area contributed by atoms with Crippen LogP contribution in [0.4, 0.5) is 8.78 Å². The average molecular weight is 203 g/mol. The van der Waals surface area contributed by atoms with Gasteiger partial charge in [-0.2, -0.15) is 0 Å². The van der Waals surface area contributed by atoms with Crippen LogP contribution >= 0.6 is 0 Å². The molecule has 0 unspecified atom stereocenters. The third kappa shape index (κ3) is 5.18. The molecule has 0 amide bonds. The fraction of sp³-hybridized carbons (Fsp3) is 0.333. The van der Waals surface area contributed by atoms with Gasteiger partial charge in [-0.3, -0.25) is 10.1 Å². The topological polar surface area (TPSA) is 43.1 Å². The second-order valence-electron chi connectivity index (χ2n) is 2.72.